The Morgan fingerprint density at radius 2 is 2.15 bits per heavy atom. The zero-order valence-electron chi connectivity index (χ0n) is 12.1. The molecule has 0 radical (unpaired) electrons. The zero-order chi connectivity index (χ0) is 14.2. The standard InChI is InChI=1S/C17H21NO2/c1-12-5-6-13-10-14(7-8-16(13)18-12)17(19)9-3-4-15(11-17)20-2/h5-8,10,15,19H,3-4,9,11H2,1-2H3. The van der Waals surface area contributed by atoms with E-state index in [1.54, 1.807) is 7.11 Å². The normalized spacial score (nSPS) is 26.9. The van der Waals surface area contributed by atoms with Crippen molar-refractivity contribution in [3.8, 4) is 0 Å². The number of benzene rings is 1. The lowest BCUT2D eigenvalue weighted by Crippen LogP contribution is -2.35. The number of hydrogen-bond acceptors (Lipinski definition) is 3. The Bertz CT molecular complexity index is 625. The predicted octanol–water partition coefficient (Wildman–Crippen LogP) is 3.32. The summed E-state index contributed by atoms with van der Waals surface area (Å²) < 4.78 is 5.44. The third kappa shape index (κ3) is 2.43. The largest absolute Gasteiger partial charge is 0.385 e. The highest BCUT2D eigenvalue weighted by molar-refractivity contribution is 5.79. The number of aryl methyl sites for hydroxylation is 1. The Hall–Kier alpha value is -1.45. The monoisotopic (exact) mass is 271 g/mol. The molecule has 1 aromatic carbocycles. The summed E-state index contributed by atoms with van der Waals surface area (Å²) in [5.41, 5.74) is 2.22. The van der Waals surface area contributed by atoms with E-state index >= 15 is 0 Å². The Morgan fingerprint density at radius 3 is 2.95 bits per heavy atom. The number of aromatic nitrogens is 1. The first kappa shape index (κ1) is 13.5. The van der Waals surface area contributed by atoms with Crippen LogP contribution in [0.4, 0.5) is 0 Å². The molecule has 20 heavy (non-hydrogen) atoms. The molecular formula is C17H21NO2. The minimum Gasteiger partial charge on any atom is -0.385 e. The molecule has 1 aromatic heterocycles. The van der Waals surface area contributed by atoms with Crippen molar-refractivity contribution in [3.05, 3.63) is 41.6 Å². The van der Waals surface area contributed by atoms with Gasteiger partial charge in [0.25, 0.3) is 0 Å². The van der Waals surface area contributed by atoms with Crippen molar-refractivity contribution >= 4 is 10.9 Å². The molecule has 2 aromatic rings. The molecule has 3 nitrogen and oxygen atoms in total. The van der Waals surface area contributed by atoms with Gasteiger partial charge < -0.3 is 9.84 Å². The molecule has 0 amide bonds. The first-order valence-corrected chi connectivity index (χ1v) is 7.24. The van der Waals surface area contributed by atoms with Gasteiger partial charge in [0.1, 0.15) is 0 Å². The second kappa shape index (κ2) is 5.15. The van der Waals surface area contributed by atoms with Crippen LogP contribution in [0.2, 0.25) is 0 Å². The van der Waals surface area contributed by atoms with Crippen LogP contribution in [0.5, 0.6) is 0 Å². The molecule has 1 heterocycles. The highest BCUT2D eigenvalue weighted by atomic mass is 16.5. The second-order valence-corrected chi connectivity index (χ2v) is 5.85. The molecule has 1 aliphatic carbocycles. The van der Waals surface area contributed by atoms with Crippen LogP contribution in [0.15, 0.2) is 30.3 Å². The van der Waals surface area contributed by atoms with Crippen LogP contribution < -0.4 is 0 Å². The number of nitrogens with zero attached hydrogens (tertiary/aromatic N) is 1. The molecular weight excluding hydrogens is 250 g/mol. The maximum Gasteiger partial charge on any atom is 0.0921 e. The van der Waals surface area contributed by atoms with Crippen LogP contribution in [0, 0.1) is 6.92 Å². The lowest BCUT2D eigenvalue weighted by Gasteiger charge is -2.36. The molecule has 2 atom stereocenters. The SMILES string of the molecule is COC1CCCC(O)(c2ccc3nc(C)ccc3c2)C1. The molecule has 1 aliphatic rings. The van der Waals surface area contributed by atoms with Gasteiger partial charge in [0, 0.05) is 24.6 Å². The van der Waals surface area contributed by atoms with Crippen molar-refractivity contribution < 1.29 is 9.84 Å². The first-order valence-electron chi connectivity index (χ1n) is 7.24. The van der Waals surface area contributed by atoms with E-state index in [0.29, 0.717) is 6.42 Å². The van der Waals surface area contributed by atoms with Crippen molar-refractivity contribution in [1.82, 2.24) is 4.98 Å². The fraction of sp³-hybridized carbons (Fsp3) is 0.471. The summed E-state index contributed by atoms with van der Waals surface area (Å²) in [5, 5.41) is 12.0. The molecule has 0 saturated heterocycles. The maximum atomic E-state index is 11.0. The van der Waals surface area contributed by atoms with Gasteiger partial charge in [0.05, 0.1) is 17.2 Å². The lowest BCUT2D eigenvalue weighted by molar-refractivity contribution is -0.0631. The number of ether oxygens (including phenoxy) is 1. The molecule has 2 unspecified atom stereocenters. The number of pyridine rings is 1. The third-order valence-corrected chi connectivity index (χ3v) is 4.38. The van der Waals surface area contributed by atoms with Gasteiger partial charge in [-0.2, -0.15) is 0 Å². The minimum absolute atomic E-state index is 0.153. The fourth-order valence-corrected chi connectivity index (χ4v) is 3.18. The van der Waals surface area contributed by atoms with Crippen LogP contribution in [-0.4, -0.2) is 23.3 Å². The van der Waals surface area contributed by atoms with Crippen molar-refractivity contribution in [2.24, 2.45) is 0 Å². The fourth-order valence-electron chi connectivity index (χ4n) is 3.18. The molecule has 1 saturated carbocycles. The number of hydrogen-bond donors (Lipinski definition) is 1. The molecule has 106 valence electrons. The summed E-state index contributed by atoms with van der Waals surface area (Å²) in [4.78, 5) is 4.51. The van der Waals surface area contributed by atoms with Crippen LogP contribution >= 0.6 is 0 Å². The lowest BCUT2D eigenvalue weighted by atomic mass is 9.78. The smallest absolute Gasteiger partial charge is 0.0921 e. The molecule has 3 heteroatoms. The van der Waals surface area contributed by atoms with Crippen molar-refractivity contribution in [2.75, 3.05) is 7.11 Å². The van der Waals surface area contributed by atoms with E-state index in [4.69, 9.17) is 4.74 Å². The Balaban J connectivity index is 1.98. The van der Waals surface area contributed by atoms with E-state index < -0.39 is 5.60 Å². The van der Waals surface area contributed by atoms with Gasteiger partial charge in [-0.25, -0.2) is 0 Å². The molecule has 3 rings (SSSR count). The number of methoxy groups -OCH3 is 1. The van der Waals surface area contributed by atoms with Gasteiger partial charge in [-0.15, -0.1) is 0 Å². The van der Waals surface area contributed by atoms with E-state index in [-0.39, 0.29) is 6.10 Å². The van der Waals surface area contributed by atoms with Gasteiger partial charge in [0.2, 0.25) is 0 Å². The molecule has 1 N–H and O–H groups in total. The first-order chi connectivity index (χ1) is 9.60. The minimum atomic E-state index is -0.766. The number of fused-ring (bicyclic) bond motifs is 1. The number of rotatable bonds is 2. The topological polar surface area (TPSA) is 42.4 Å². The zero-order valence-corrected chi connectivity index (χ0v) is 12.1. The van der Waals surface area contributed by atoms with E-state index in [2.05, 4.69) is 17.1 Å². The highest BCUT2D eigenvalue weighted by Crippen LogP contribution is 2.38. The van der Waals surface area contributed by atoms with Crippen LogP contribution in [0.3, 0.4) is 0 Å². The van der Waals surface area contributed by atoms with Gasteiger partial charge in [-0.1, -0.05) is 12.1 Å². The van der Waals surface area contributed by atoms with Gasteiger partial charge in [-0.05, 0) is 49.9 Å². The summed E-state index contributed by atoms with van der Waals surface area (Å²) >= 11 is 0. The van der Waals surface area contributed by atoms with Crippen molar-refractivity contribution in [2.45, 2.75) is 44.3 Å². The second-order valence-electron chi connectivity index (χ2n) is 5.85. The van der Waals surface area contributed by atoms with Gasteiger partial charge in [-0.3, -0.25) is 4.98 Å². The Morgan fingerprint density at radius 1 is 1.30 bits per heavy atom. The van der Waals surface area contributed by atoms with Crippen LogP contribution in [0.1, 0.15) is 36.9 Å². The van der Waals surface area contributed by atoms with E-state index in [1.807, 2.05) is 25.1 Å². The number of aliphatic hydroxyl groups is 1. The van der Waals surface area contributed by atoms with Crippen molar-refractivity contribution in [3.63, 3.8) is 0 Å². The predicted molar refractivity (Wildman–Crippen MR) is 79.6 cm³/mol. The average Bonchev–Trinajstić information content (AvgIpc) is 2.46. The summed E-state index contributed by atoms with van der Waals surface area (Å²) in [5.74, 6) is 0. The van der Waals surface area contributed by atoms with Crippen LogP contribution in [-0.2, 0) is 10.3 Å². The van der Waals surface area contributed by atoms with E-state index in [9.17, 15) is 5.11 Å². The van der Waals surface area contributed by atoms with E-state index in [1.165, 1.54) is 0 Å². The summed E-state index contributed by atoms with van der Waals surface area (Å²) in [6.07, 6.45) is 3.67. The summed E-state index contributed by atoms with van der Waals surface area (Å²) in [7, 11) is 1.73. The summed E-state index contributed by atoms with van der Waals surface area (Å²) in [6, 6.07) is 10.2. The van der Waals surface area contributed by atoms with E-state index in [0.717, 1.165) is 41.4 Å². The van der Waals surface area contributed by atoms with Gasteiger partial charge in [0.15, 0.2) is 0 Å². The molecule has 0 bridgehead atoms. The molecule has 0 aliphatic heterocycles. The highest BCUT2D eigenvalue weighted by Gasteiger charge is 2.36. The Kier molecular flexibility index (Phi) is 3.48. The average molecular weight is 271 g/mol. The molecule has 1 fully saturated rings. The summed E-state index contributed by atoms with van der Waals surface area (Å²) in [6.45, 7) is 1.99. The van der Waals surface area contributed by atoms with Crippen LogP contribution in [0.25, 0.3) is 10.9 Å². The van der Waals surface area contributed by atoms with Crippen molar-refractivity contribution in [1.29, 1.82) is 0 Å². The van der Waals surface area contributed by atoms with Gasteiger partial charge >= 0.3 is 0 Å². The third-order valence-electron chi connectivity index (χ3n) is 4.38. The quantitative estimate of drug-likeness (QED) is 0.911. The maximum absolute atomic E-state index is 11.0. The Labute approximate surface area is 119 Å². The molecule has 0 spiro atoms.